The fraction of sp³-hybridized carbons (Fsp3) is 0.294. The molecule has 0 bridgehead atoms. The number of benzene rings is 1. The van der Waals surface area contributed by atoms with E-state index in [1.807, 2.05) is 31.3 Å². The predicted octanol–water partition coefficient (Wildman–Crippen LogP) is 1.53. The maximum Gasteiger partial charge on any atom is 0.247 e. The summed E-state index contributed by atoms with van der Waals surface area (Å²) >= 11 is 0. The first-order valence-electron chi connectivity index (χ1n) is 7.59. The van der Waals surface area contributed by atoms with Gasteiger partial charge in [0.25, 0.3) is 0 Å². The summed E-state index contributed by atoms with van der Waals surface area (Å²) < 4.78 is 1.79. The van der Waals surface area contributed by atoms with Gasteiger partial charge in [0.2, 0.25) is 11.8 Å². The van der Waals surface area contributed by atoms with Crippen molar-refractivity contribution in [1.82, 2.24) is 19.7 Å². The molecule has 0 unspecified atom stereocenters. The Bertz CT molecular complexity index is 721. The third-order valence-corrected chi connectivity index (χ3v) is 3.64. The van der Waals surface area contributed by atoms with Crippen molar-refractivity contribution in [1.29, 1.82) is 0 Å². The van der Waals surface area contributed by atoms with Gasteiger partial charge in [0.05, 0.1) is 6.54 Å². The van der Waals surface area contributed by atoms with Crippen LogP contribution in [0.4, 0.5) is 5.69 Å². The van der Waals surface area contributed by atoms with Gasteiger partial charge < -0.3 is 14.8 Å². The van der Waals surface area contributed by atoms with Crippen molar-refractivity contribution in [3.8, 4) is 0 Å². The maximum atomic E-state index is 12.2. The Kier molecular flexibility index (Phi) is 5.83. The van der Waals surface area contributed by atoms with Gasteiger partial charge in [-0.2, -0.15) is 0 Å². The summed E-state index contributed by atoms with van der Waals surface area (Å²) in [7, 11) is 3.60. The molecule has 2 rings (SSSR count). The van der Waals surface area contributed by atoms with E-state index in [4.69, 9.17) is 0 Å². The van der Waals surface area contributed by atoms with Crippen molar-refractivity contribution in [3.05, 3.63) is 54.6 Å². The molecule has 7 heteroatoms. The zero-order valence-corrected chi connectivity index (χ0v) is 13.9. The molecule has 0 fully saturated rings. The number of aryl methyl sites for hydroxylation is 2. The third kappa shape index (κ3) is 4.77. The van der Waals surface area contributed by atoms with Gasteiger partial charge in [-0.05, 0) is 30.2 Å². The highest BCUT2D eigenvalue weighted by Gasteiger charge is 2.12. The average molecular weight is 327 g/mol. The summed E-state index contributed by atoms with van der Waals surface area (Å²) in [5.41, 5.74) is 1.74. The van der Waals surface area contributed by atoms with Gasteiger partial charge in [0.1, 0.15) is 6.33 Å². The number of anilines is 1. The zero-order chi connectivity index (χ0) is 17.5. The Hall–Kier alpha value is -2.96. The molecule has 1 aromatic heterocycles. The van der Waals surface area contributed by atoms with Gasteiger partial charge >= 0.3 is 0 Å². The van der Waals surface area contributed by atoms with Crippen molar-refractivity contribution >= 4 is 17.5 Å². The highest BCUT2D eigenvalue weighted by atomic mass is 16.2. The molecule has 0 atom stereocenters. The molecular formula is C17H21N5O2. The van der Waals surface area contributed by atoms with Gasteiger partial charge in [0, 0.05) is 26.2 Å². The van der Waals surface area contributed by atoms with Gasteiger partial charge in [0.15, 0.2) is 5.82 Å². The SMILES string of the molecule is C=CC(=O)Nc1ccc(CCC(=O)N(C)Cc2nncn2C)cc1. The van der Waals surface area contributed by atoms with Crippen LogP contribution >= 0.6 is 0 Å². The number of carbonyl (C=O) groups excluding carboxylic acids is 2. The summed E-state index contributed by atoms with van der Waals surface area (Å²) in [5, 5.41) is 10.5. The molecule has 0 aliphatic carbocycles. The van der Waals surface area contributed by atoms with Crippen LogP contribution in [0.5, 0.6) is 0 Å². The fourth-order valence-corrected chi connectivity index (χ4v) is 2.14. The molecule has 1 heterocycles. The molecule has 2 aromatic rings. The minimum atomic E-state index is -0.247. The number of carbonyl (C=O) groups is 2. The summed E-state index contributed by atoms with van der Waals surface area (Å²) in [4.78, 5) is 25.1. The summed E-state index contributed by atoms with van der Waals surface area (Å²) in [6, 6.07) is 7.41. The topological polar surface area (TPSA) is 80.1 Å². The van der Waals surface area contributed by atoms with E-state index in [9.17, 15) is 9.59 Å². The lowest BCUT2D eigenvalue weighted by Gasteiger charge is -2.16. The van der Waals surface area contributed by atoms with E-state index in [1.165, 1.54) is 6.08 Å². The summed E-state index contributed by atoms with van der Waals surface area (Å²) in [5.74, 6) is 0.540. The van der Waals surface area contributed by atoms with Crippen LogP contribution in [0.3, 0.4) is 0 Å². The molecule has 0 saturated carbocycles. The van der Waals surface area contributed by atoms with Crippen LogP contribution in [0.25, 0.3) is 0 Å². The number of amides is 2. The Morgan fingerprint density at radius 2 is 2.04 bits per heavy atom. The summed E-state index contributed by atoms with van der Waals surface area (Å²) in [6.45, 7) is 3.84. The van der Waals surface area contributed by atoms with Crippen LogP contribution in [0.2, 0.25) is 0 Å². The van der Waals surface area contributed by atoms with E-state index in [0.717, 1.165) is 11.4 Å². The van der Waals surface area contributed by atoms with Crippen LogP contribution in [0.15, 0.2) is 43.2 Å². The van der Waals surface area contributed by atoms with Gasteiger partial charge in [-0.25, -0.2) is 0 Å². The Morgan fingerprint density at radius 1 is 1.33 bits per heavy atom. The minimum absolute atomic E-state index is 0.0436. The maximum absolute atomic E-state index is 12.2. The molecule has 7 nitrogen and oxygen atoms in total. The van der Waals surface area contributed by atoms with Crippen LogP contribution < -0.4 is 5.32 Å². The van der Waals surface area contributed by atoms with Crippen molar-refractivity contribution in [2.45, 2.75) is 19.4 Å². The molecular weight excluding hydrogens is 306 g/mol. The van der Waals surface area contributed by atoms with E-state index >= 15 is 0 Å². The number of hydrogen-bond acceptors (Lipinski definition) is 4. The van der Waals surface area contributed by atoms with E-state index in [2.05, 4.69) is 22.1 Å². The Balaban J connectivity index is 1.83. The smallest absolute Gasteiger partial charge is 0.247 e. The number of rotatable bonds is 7. The second-order valence-electron chi connectivity index (χ2n) is 5.50. The fourth-order valence-electron chi connectivity index (χ4n) is 2.14. The standard InChI is InChI=1S/C17H21N5O2/c1-4-16(23)19-14-8-5-13(6-9-14)7-10-17(24)21(2)11-15-20-18-12-22(15)3/h4-6,8-9,12H,1,7,10-11H2,2-3H3,(H,19,23). The van der Waals surface area contributed by atoms with Crippen molar-refractivity contribution in [3.63, 3.8) is 0 Å². The molecule has 2 amide bonds. The van der Waals surface area contributed by atoms with Gasteiger partial charge in [-0.1, -0.05) is 18.7 Å². The van der Waals surface area contributed by atoms with Gasteiger partial charge in [-0.3, -0.25) is 9.59 Å². The van der Waals surface area contributed by atoms with E-state index in [0.29, 0.717) is 25.1 Å². The highest BCUT2D eigenvalue weighted by molar-refractivity contribution is 5.98. The van der Waals surface area contributed by atoms with E-state index in [-0.39, 0.29) is 11.8 Å². The first-order valence-corrected chi connectivity index (χ1v) is 7.59. The summed E-state index contributed by atoms with van der Waals surface area (Å²) in [6.07, 6.45) is 3.88. The lowest BCUT2D eigenvalue weighted by molar-refractivity contribution is -0.130. The second-order valence-corrected chi connectivity index (χ2v) is 5.50. The lowest BCUT2D eigenvalue weighted by atomic mass is 10.1. The number of aromatic nitrogens is 3. The average Bonchev–Trinajstić information content (AvgIpc) is 2.98. The van der Waals surface area contributed by atoms with Gasteiger partial charge in [-0.15, -0.1) is 10.2 Å². The first-order chi connectivity index (χ1) is 11.5. The van der Waals surface area contributed by atoms with Crippen LogP contribution in [0, 0.1) is 0 Å². The quantitative estimate of drug-likeness (QED) is 0.782. The molecule has 1 N–H and O–H groups in total. The molecule has 0 aliphatic heterocycles. The predicted molar refractivity (Wildman–Crippen MR) is 91.1 cm³/mol. The minimum Gasteiger partial charge on any atom is -0.338 e. The number of hydrogen-bond donors (Lipinski definition) is 1. The van der Waals surface area contributed by atoms with Crippen LogP contribution in [-0.2, 0) is 29.6 Å². The largest absolute Gasteiger partial charge is 0.338 e. The van der Waals surface area contributed by atoms with Crippen molar-refractivity contribution in [2.75, 3.05) is 12.4 Å². The molecule has 0 radical (unpaired) electrons. The normalized spacial score (nSPS) is 10.2. The van der Waals surface area contributed by atoms with E-state index in [1.54, 1.807) is 22.8 Å². The van der Waals surface area contributed by atoms with Crippen molar-refractivity contribution < 1.29 is 9.59 Å². The number of nitrogens with one attached hydrogen (secondary N) is 1. The Labute approximate surface area is 141 Å². The van der Waals surface area contributed by atoms with Crippen molar-refractivity contribution in [2.24, 2.45) is 7.05 Å². The van der Waals surface area contributed by atoms with Crippen LogP contribution in [0.1, 0.15) is 17.8 Å². The molecule has 0 spiro atoms. The van der Waals surface area contributed by atoms with Crippen LogP contribution in [-0.4, -0.2) is 38.5 Å². The Morgan fingerprint density at radius 3 is 2.62 bits per heavy atom. The lowest BCUT2D eigenvalue weighted by Crippen LogP contribution is -2.27. The molecule has 0 aliphatic rings. The molecule has 0 saturated heterocycles. The molecule has 126 valence electrons. The number of nitrogens with zero attached hydrogens (tertiary/aromatic N) is 4. The molecule has 1 aromatic carbocycles. The molecule has 24 heavy (non-hydrogen) atoms. The highest BCUT2D eigenvalue weighted by Crippen LogP contribution is 2.12. The zero-order valence-electron chi connectivity index (χ0n) is 13.9. The first kappa shape index (κ1) is 17.4. The monoisotopic (exact) mass is 327 g/mol. The second kappa shape index (κ2) is 8.05. The van der Waals surface area contributed by atoms with E-state index < -0.39 is 0 Å². The third-order valence-electron chi connectivity index (χ3n) is 3.64.